The van der Waals surface area contributed by atoms with E-state index < -0.39 is 0 Å². The molecule has 29 heavy (non-hydrogen) atoms. The molecule has 2 atom stereocenters. The fourth-order valence-corrected chi connectivity index (χ4v) is 5.20. The second kappa shape index (κ2) is 6.76. The molecule has 1 aliphatic carbocycles. The van der Waals surface area contributed by atoms with Gasteiger partial charge in [0.15, 0.2) is 0 Å². The van der Waals surface area contributed by atoms with Crippen LogP contribution >= 0.6 is 0 Å². The van der Waals surface area contributed by atoms with Crippen molar-refractivity contribution in [1.82, 2.24) is 14.5 Å². The summed E-state index contributed by atoms with van der Waals surface area (Å²) in [5, 5.41) is 9.23. The maximum absolute atomic E-state index is 12.6. The number of aromatic nitrogens is 2. The van der Waals surface area contributed by atoms with Crippen LogP contribution in [-0.2, 0) is 11.3 Å². The summed E-state index contributed by atoms with van der Waals surface area (Å²) < 4.78 is 8.16. The van der Waals surface area contributed by atoms with Crippen molar-refractivity contribution in [2.24, 2.45) is 10.8 Å². The van der Waals surface area contributed by atoms with Crippen molar-refractivity contribution in [2.75, 3.05) is 13.1 Å². The number of fused-ring (bicyclic) bond motifs is 1. The number of nitrogens with zero attached hydrogens (tertiary/aromatic N) is 4. The highest BCUT2D eigenvalue weighted by Gasteiger charge is 2.51. The minimum Gasteiger partial charge on any atom is -0.441 e. The van der Waals surface area contributed by atoms with Crippen LogP contribution in [0.25, 0.3) is 11.0 Å². The molecule has 2 aliphatic rings. The summed E-state index contributed by atoms with van der Waals surface area (Å²) in [4.78, 5) is 18.9. The lowest BCUT2D eigenvalue weighted by Crippen LogP contribution is -2.45. The van der Waals surface area contributed by atoms with Crippen LogP contribution in [0, 0.1) is 22.2 Å². The molecular formula is C23H30N4O2. The fraction of sp³-hybridized carbons (Fsp3) is 0.609. The van der Waals surface area contributed by atoms with Gasteiger partial charge in [-0.25, -0.2) is 9.78 Å². The minimum atomic E-state index is -0.385. The van der Waals surface area contributed by atoms with Gasteiger partial charge in [0, 0.05) is 13.1 Å². The van der Waals surface area contributed by atoms with Gasteiger partial charge in [-0.2, -0.15) is 5.26 Å². The molecule has 1 saturated carbocycles. The van der Waals surface area contributed by atoms with Crippen LogP contribution in [0.2, 0.25) is 0 Å². The Morgan fingerprint density at radius 1 is 1.31 bits per heavy atom. The zero-order valence-corrected chi connectivity index (χ0v) is 17.9. The molecule has 0 N–H and O–H groups in total. The van der Waals surface area contributed by atoms with E-state index in [1.54, 1.807) is 6.07 Å². The summed E-state index contributed by atoms with van der Waals surface area (Å²) in [6, 6.07) is 7.83. The Labute approximate surface area is 172 Å². The van der Waals surface area contributed by atoms with E-state index in [1.165, 1.54) is 0 Å². The van der Waals surface area contributed by atoms with Gasteiger partial charge in [-0.15, -0.1) is 0 Å². The lowest BCUT2D eigenvalue weighted by Gasteiger charge is -2.43. The van der Waals surface area contributed by atoms with Crippen molar-refractivity contribution in [3.8, 4) is 6.07 Å². The van der Waals surface area contributed by atoms with Crippen molar-refractivity contribution >= 4 is 17.1 Å². The summed E-state index contributed by atoms with van der Waals surface area (Å²) in [6.45, 7) is 10.9. The van der Waals surface area contributed by atoms with Gasteiger partial charge in [-0.3, -0.25) is 0 Å². The highest BCUT2D eigenvalue weighted by Crippen LogP contribution is 2.47. The molecule has 0 unspecified atom stereocenters. The number of carbonyl (C=O) groups is 1. The van der Waals surface area contributed by atoms with Crippen LogP contribution in [0.3, 0.4) is 0 Å². The first-order chi connectivity index (χ1) is 13.6. The van der Waals surface area contributed by atoms with Crippen molar-refractivity contribution in [1.29, 1.82) is 5.26 Å². The number of benzene rings is 1. The van der Waals surface area contributed by atoms with E-state index in [4.69, 9.17) is 4.74 Å². The van der Waals surface area contributed by atoms with E-state index in [2.05, 4.69) is 43.3 Å². The molecule has 1 aromatic carbocycles. The van der Waals surface area contributed by atoms with E-state index in [9.17, 15) is 10.1 Å². The standard InChI is InChI=1S/C23H30N4O2/c1-21(2,3)13-26-15-23(29-20(26)28)9-5-8-22(4,12-23)14-27-16-25-18-7-6-17(11-24)10-19(18)27/h6-7,10,16H,5,8-9,12-15H2,1-4H3/t22-,23-/m0/s1. The van der Waals surface area contributed by atoms with Crippen molar-refractivity contribution < 1.29 is 9.53 Å². The zero-order valence-electron chi connectivity index (χ0n) is 17.9. The molecule has 1 amide bonds. The first-order valence-corrected chi connectivity index (χ1v) is 10.4. The van der Waals surface area contributed by atoms with Crippen LogP contribution in [-0.4, -0.2) is 39.2 Å². The van der Waals surface area contributed by atoms with Gasteiger partial charge in [0.2, 0.25) is 0 Å². The molecule has 0 radical (unpaired) electrons. The normalized spacial score (nSPS) is 27.4. The first kappa shape index (κ1) is 19.8. The molecule has 1 spiro atoms. The molecule has 1 aromatic heterocycles. The molecule has 2 heterocycles. The largest absolute Gasteiger partial charge is 0.441 e. The average molecular weight is 395 g/mol. The van der Waals surface area contributed by atoms with Gasteiger partial charge in [0.25, 0.3) is 0 Å². The predicted molar refractivity (Wildman–Crippen MR) is 111 cm³/mol. The summed E-state index contributed by atoms with van der Waals surface area (Å²) in [5.74, 6) is 0. The molecule has 154 valence electrons. The average Bonchev–Trinajstić information content (AvgIpc) is 3.13. The van der Waals surface area contributed by atoms with E-state index in [0.29, 0.717) is 18.7 Å². The van der Waals surface area contributed by atoms with Gasteiger partial charge in [-0.1, -0.05) is 27.7 Å². The Kier molecular flexibility index (Phi) is 4.60. The van der Waals surface area contributed by atoms with Gasteiger partial charge in [0.05, 0.1) is 35.5 Å². The first-order valence-electron chi connectivity index (χ1n) is 10.4. The van der Waals surface area contributed by atoms with Crippen molar-refractivity contribution in [3.63, 3.8) is 0 Å². The zero-order chi connectivity index (χ0) is 20.9. The molecule has 1 saturated heterocycles. The maximum atomic E-state index is 12.6. The van der Waals surface area contributed by atoms with Gasteiger partial charge < -0.3 is 14.2 Å². The molecule has 6 heteroatoms. The second-order valence-electron chi connectivity index (χ2n) is 10.5. The van der Waals surface area contributed by atoms with Crippen LogP contribution in [0.5, 0.6) is 0 Å². The molecule has 0 bridgehead atoms. The van der Waals surface area contributed by atoms with E-state index in [0.717, 1.165) is 43.3 Å². The van der Waals surface area contributed by atoms with Gasteiger partial charge >= 0.3 is 6.09 Å². The van der Waals surface area contributed by atoms with Crippen LogP contribution in [0.4, 0.5) is 4.79 Å². The summed E-state index contributed by atoms with van der Waals surface area (Å²) >= 11 is 0. The molecule has 4 rings (SSSR count). The lowest BCUT2D eigenvalue weighted by molar-refractivity contribution is -0.0270. The number of nitriles is 1. The van der Waals surface area contributed by atoms with Crippen molar-refractivity contribution in [3.05, 3.63) is 30.1 Å². The van der Waals surface area contributed by atoms with E-state index in [-0.39, 0.29) is 22.5 Å². The monoisotopic (exact) mass is 394 g/mol. The second-order valence-corrected chi connectivity index (χ2v) is 10.5. The molecule has 2 aromatic rings. The summed E-state index contributed by atoms with van der Waals surface area (Å²) in [7, 11) is 0. The number of hydrogen-bond acceptors (Lipinski definition) is 4. The Bertz CT molecular complexity index is 983. The number of rotatable bonds is 3. The summed E-state index contributed by atoms with van der Waals surface area (Å²) in [6.07, 6.45) is 5.61. The highest BCUT2D eigenvalue weighted by atomic mass is 16.6. The van der Waals surface area contributed by atoms with Crippen LogP contribution in [0.15, 0.2) is 24.5 Å². The quantitative estimate of drug-likeness (QED) is 0.755. The maximum Gasteiger partial charge on any atom is 0.410 e. The van der Waals surface area contributed by atoms with Crippen LogP contribution < -0.4 is 0 Å². The van der Waals surface area contributed by atoms with E-state index in [1.807, 2.05) is 23.4 Å². The van der Waals surface area contributed by atoms with Gasteiger partial charge in [0.1, 0.15) is 5.60 Å². The molecular weight excluding hydrogens is 364 g/mol. The van der Waals surface area contributed by atoms with Gasteiger partial charge in [-0.05, 0) is 54.7 Å². The topological polar surface area (TPSA) is 71.2 Å². The number of hydrogen-bond donors (Lipinski definition) is 0. The SMILES string of the molecule is CC(C)(C)CN1C[C@@]2(CCC[C@](C)(Cn3cnc4ccc(C#N)cc43)C2)OC1=O. The third kappa shape index (κ3) is 3.96. The van der Waals surface area contributed by atoms with E-state index >= 15 is 0 Å². The lowest BCUT2D eigenvalue weighted by atomic mass is 9.68. The van der Waals surface area contributed by atoms with Crippen molar-refractivity contribution in [2.45, 2.75) is 65.5 Å². The Morgan fingerprint density at radius 3 is 2.83 bits per heavy atom. The Morgan fingerprint density at radius 2 is 2.10 bits per heavy atom. The van der Waals surface area contributed by atoms with Crippen LogP contribution in [0.1, 0.15) is 58.9 Å². The summed E-state index contributed by atoms with van der Waals surface area (Å²) in [5.41, 5.74) is 2.21. The number of carbonyl (C=O) groups excluding carboxylic acids is 1. The fourth-order valence-electron chi connectivity index (χ4n) is 5.20. The molecule has 1 aliphatic heterocycles. The molecule has 6 nitrogen and oxygen atoms in total. The predicted octanol–water partition coefficient (Wildman–Crippen LogP) is 4.73. The third-order valence-electron chi connectivity index (χ3n) is 6.17. The smallest absolute Gasteiger partial charge is 0.410 e. The minimum absolute atomic E-state index is 0.00650. The number of amides is 1. The number of imidazole rings is 1. The Balaban J connectivity index is 1.55. The number of ether oxygens (including phenoxy) is 1. The third-order valence-corrected chi connectivity index (χ3v) is 6.17. The molecule has 2 fully saturated rings. The Hall–Kier alpha value is -2.55. The highest BCUT2D eigenvalue weighted by molar-refractivity contribution is 5.77.